The van der Waals surface area contributed by atoms with Crippen LogP contribution in [-0.4, -0.2) is 33.4 Å². The van der Waals surface area contributed by atoms with Crippen LogP contribution in [0, 0.1) is 11.3 Å². The quantitative estimate of drug-likeness (QED) is 0.425. The number of aromatic nitrogens is 2. The Morgan fingerprint density at radius 2 is 1.91 bits per heavy atom. The maximum Gasteiger partial charge on any atom is 0.263 e. The van der Waals surface area contributed by atoms with Crippen LogP contribution in [0.4, 0.5) is 5.69 Å². The van der Waals surface area contributed by atoms with E-state index in [0.29, 0.717) is 33.8 Å². The van der Waals surface area contributed by atoms with Gasteiger partial charge in [0, 0.05) is 21.5 Å². The summed E-state index contributed by atoms with van der Waals surface area (Å²) in [6.45, 7) is 2.36. The number of nitrogens with one attached hydrogen (secondary N) is 1. The fourth-order valence-electron chi connectivity index (χ4n) is 4.25. The Morgan fingerprint density at radius 1 is 1.12 bits per heavy atom. The van der Waals surface area contributed by atoms with Gasteiger partial charge in [0.15, 0.2) is 0 Å². The highest BCUT2D eigenvalue weighted by Gasteiger charge is 2.21. The zero-order valence-electron chi connectivity index (χ0n) is 18.5. The first-order chi connectivity index (χ1) is 16.6. The maximum atomic E-state index is 13.7. The summed E-state index contributed by atoms with van der Waals surface area (Å²) in [7, 11) is 0. The molecule has 0 spiro atoms. The summed E-state index contributed by atoms with van der Waals surface area (Å²) < 4.78 is 1.53. The highest BCUT2D eigenvalue weighted by atomic mass is 32.1. The van der Waals surface area contributed by atoms with Crippen LogP contribution in [0.2, 0.25) is 0 Å². The van der Waals surface area contributed by atoms with Crippen LogP contribution in [0.15, 0.2) is 52.0 Å². The van der Waals surface area contributed by atoms with Crippen molar-refractivity contribution in [3.8, 4) is 16.5 Å². The van der Waals surface area contributed by atoms with Gasteiger partial charge in [-0.1, -0.05) is 12.5 Å². The molecule has 0 atom stereocenters. The summed E-state index contributed by atoms with van der Waals surface area (Å²) in [5.41, 5.74) is 1.79. The normalized spacial score (nSPS) is 14.2. The lowest BCUT2D eigenvalue weighted by Gasteiger charge is -2.27. The second-order valence-corrected chi connectivity index (χ2v) is 10.1. The van der Waals surface area contributed by atoms with E-state index in [1.807, 2.05) is 22.9 Å². The van der Waals surface area contributed by atoms with Crippen molar-refractivity contribution in [2.24, 2.45) is 0 Å². The molecule has 172 valence electrons. The molecule has 9 heteroatoms. The van der Waals surface area contributed by atoms with Gasteiger partial charge in [-0.2, -0.15) is 5.26 Å². The minimum atomic E-state index is -0.305. The number of thiophene rings is 2. The van der Waals surface area contributed by atoms with E-state index in [-0.39, 0.29) is 18.0 Å². The number of hydrogen-bond acceptors (Lipinski definition) is 7. The van der Waals surface area contributed by atoms with Crippen molar-refractivity contribution in [3.63, 3.8) is 0 Å². The third-order valence-electron chi connectivity index (χ3n) is 5.97. The summed E-state index contributed by atoms with van der Waals surface area (Å²) in [5, 5.41) is 16.4. The van der Waals surface area contributed by atoms with E-state index < -0.39 is 0 Å². The van der Waals surface area contributed by atoms with Gasteiger partial charge in [0.05, 0.1) is 23.6 Å². The van der Waals surface area contributed by atoms with Gasteiger partial charge < -0.3 is 5.32 Å². The first-order valence-electron chi connectivity index (χ1n) is 11.2. The van der Waals surface area contributed by atoms with Crippen LogP contribution < -0.4 is 10.9 Å². The van der Waals surface area contributed by atoms with E-state index in [1.165, 1.54) is 22.3 Å². The van der Waals surface area contributed by atoms with Crippen molar-refractivity contribution < 1.29 is 4.79 Å². The SMILES string of the molecule is N#Cc1ccc(NC(=O)Cn2c(CN3CCCCC3)nc3scc(-c4cccs4)c3c2=O)cc1. The first kappa shape index (κ1) is 22.5. The van der Waals surface area contributed by atoms with Crippen molar-refractivity contribution in [2.45, 2.75) is 32.4 Å². The molecule has 0 bridgehead atoms. The average Bonchev–Trinajstić information content (AvgIpc) is 3.53. The van der Waals surface area contributed by atoms with Crippen LogP contribution >= 0.6 is 22.7 Å². The number of likely N-dealkylation sites (tertiary alicyclic amines) is 1. The number of nitriles is 1. The van der Waals surface area contributed by atoms with Gasteiger partial charge in [0.2, 0.25) is 5.91 Å². The Labute approximate surface area is 204 Å². The Balaban J connectivity index is 1.51. The molecule has 0 radical (unpaired) electrons. The Bertz CT molecular complexity index is 1410. The number of amides is 1. The Kier molecular flexibility index (Phi) is 6.54. The van der Waals surface area contributed by atoms with Crippen LogP contribution in [0.1, 0.15) is 30.7 Å². The molecule has 34 heavy (non-hydrogen) atoms. The number of piperidine rings is 1. The molecule has 5 rings (SSSR count). The van der Waals surface area contributed by atoms with Gasteiger partial charge in [-0.25, -0.2) is 4.98 Å². The first-order valence-corrected chi connectivity index (χ1v) is 13.0. The molecule has 3 aromatic heterocycles. The topological polar surface area (TPSA) is 91.0 Å². The molecule has 0 aliphatic carbocycles. The molecule has 1 aromatic carbocycles. The number of anilines is 1. The predicted molar refractivity (Wildman–Crippen MR) is 136 cm³/mol. The minimum Gasteiger partial charge on any atom is -0.325 e. The molecular weight excluding hydrogens is 466 g/mol. The van der Waals surface area contributed by atoms with Crippen molar-refractivity contribution in [1.82, 2.24) is 14.5 Å². The Hall–Kier alpha value is -3.32. The molecule has 0 saturated carbocycles. The number of benzene rings is 1. The molecule has 4 heterocycles. The van der Waals surface area contributed by atoms with Gasteiger partial charge in [0.1, 0.15) is 17.2 Å². The van der Waals surface area contributed by atoms with Crippen LogP contribution in [0.3, 0.4) is 0 Å². The number of carbonyl (C=O) groups excluding carboxylic acids is 1. The molecule has 0 unspecified atom stereocenters. The molecule has 1 aliphatic heterocycles. The summed E-state index contributed by atoms with van der Waals surface area (Å²) in [4.78, 5) is 35.6. The maximum absolute atomic E-state index is 13.7. The highest BCUT2D eigenvalue weighted by molar-refractivity contribution is 7.18. The van der Waals surface area contributed by atoms with E-state index >= 15 is 0 Å². The lowest BCUT2D eigenvalue weighted by Crippen LogP contribution is -2.36. The number of hydrogen-bond donors (Lipinski definition) is 1. The fraction of sp³-hybridized carbons (Fsp3) is 0.280. The van der Waals surface area contributed by atoms with Crippen molar-refractivity contribution >= 4 is 44.5 Å². The Morgan fingerprint density at radius 3 is 2.62 bits per heavy atom. The molecule has 1 amide bonds. The monoisotopic (exact) mass is 489 g/mol. The van der Waals surface area contributed by atoms with Crippen molar-refractivity contribution in [2.75, 3.05) is 18.4 Å². The predicted octanol–water partition coefficient (Wildman–Crippen LogP) is 4.68. The second-order valence-electron chi connectivity index (χ2n) is 8.30. The van der Waals surface area contributed by atoms with E-state index in [1.54, 1.807) is 35.6 Å². The number of carbonyl (C=O) groups is 1. The minimum absolute atomic E-state index is 0.120. The van der Waals surface area contributed by atoms with E-state index in [0.717, 1.165) is 36.4 Å². The number of nitrogens with zero attached hydrogens (tertiary/aromatic N) is 4. The summed E-state index contributed by atoms with van der Waals surface area (Å²) in [5.74, 6) is 0.315. The highest BCUT2D eigenvalue weighted by Crippen LogP contribution is 2.34. The summed E-state index contributed by atoms with van der Waals surface area (Å²) >= 11 is 3.05. The molecular formula is C25H23N5O2S2. The van der Waals surface area contributed by atoms with Gasteiger partial charge in [-0.3, -0.25) is 19.1 Å². The third-order valence-corrected chi connectivity index (χ3v) is 7.75. The van der Waals surface area contributed by atoms with Crippen molar-refractivity contribution in [3.05, 3.63) is 68.9 Å². The molecule has 1 saturated heterocycles. The zero-order valence-corrected chi connectivity index (χ0v) is 20.1. The number of rotatable bonds is 6. The molecule has 7 nitrogen and oxygen atoms in total. The lowest BCUT2D eigenvalue weighted by atomic mass is 10.1. The standard InChI is InChI=1S/C25H23N5O2S2/c26-13-17-6-8-18(9-7-17)27-22(31)15-30-21(14-29-10-2-1-3-11-29)28-24-23(25(30)32)19(16-34-24)20-5-4-12-33-20/h4-9,12,16H,1-3,10-11,14-15H2,(H,27,31). The van der Waals surface area contributed by atoms with Crippen molar-refractivity contribution in [1.29, 1.82) is 5.26 Å². The van der Waals surface area contributed by atoms with E-state index in [2.05, 4.69) is 16.3 Å². The molecule has 1 N–H and O–H groups in total. The molecule has 1 fully saturated rings. The summed E-state index contributed by atoms with van der Waals surface area (Å²) in [6.07, 6.45) is 3.48. The largest absolute Gasteiger partial charge is 0.325 e. The van der Waals surface area contributed by atoms with Gasteiger partial charge in [-0.05, 0) is 61.6 Å². The van der Waals surface area contributed by atoms with Gasteiger partial charge in [-0.15, -0.1) is 22.7 Å². The van der Waals surface area contributed by atoms with E-state index in [9.17, 15) is 9.59 Å². The molecule has 1 aliphatic rings. The van der Waals surface area contributed by atoms with Crippen LogP contribution in [-0.2, 0) is 17.9 Å². The summed E-state index contributed by atoms with van der Waals surface area (Å²) in [6, 6.07) is 12.7. The molecule has 4 aromatic rings. The van der Waals surface area contributed by atoms with E-state index in [4.69, 9.17) is 10.2 Å². The second kappa shape index (κ2) is 9.89. The van der Waals surface area contributed by atoms with Crippen LogP contribution in [0.5, 0.6) is 0 Å². The van der Waals surface area contributed by atoms with Gasteiger partial charge in [0.25, 0.3) is 5.56 Å². The van der Waals surface area contributed by atoms with Gasteiger partial charge >= 0.3 is 0 Å². The third kappa shape index (κ3) is 4.66. The number of fused-ring (bicyclic) bond motifs is 1. The fourth-order valence-corrected chi connectivity index (χ4v) is 6.02. The average molecular weight is 490 g/mol. The smallest absolute Gasteiger partial charge is 0.263 e. The zero-order chi connectivity index (χ0) is 23.5. The van der Waals surface area contributed by atoms with Crippen LogP contribution in [0.25, 0.3) is 20.7 Å². The lowest BCUT2D eigenvalue weighted by molar-refractivity contribution is -0.116.